The van der Waals surface area contributed by atoms with Crippen LogP contribution in [0.2, 0.25) is 0 Å². The number of imidazole rings is 1. The predicted molar refractivity (Wildman–Crippen MR) is 73.4 cm³/mol. The fourth-order valence-corrected chi connectivity index (χ4v) is 2.10. The van der Waals surface area contributed by atoms with E-state index in [0.29, 0.717) is 0 Å². The number of halogens is 2. The molecule has 0 saturated carbocycles. The number of hydrogen-bond donors (Lipinski definition) is 1. The quantitative estimate of drug-likeness (QED) is 0.796. The molecular weight excluding hydrogens is 278 g/mol. The number of nitrogens with zero attached hydrogens (tertiary/aromatic N) is 2. The van der Waals surface area contributed by atoms with Gasteiger partial charge in [0.2, 0.25) is 0 Å². The van der Waals surface area contributed by atoms with Gasteiger partial charge >= 0.3 is 6.55 Å². The molecule has 3 rings (SSSR count). The molecule has 0 fully saturated rings. The van der Waals surface area contributed by atoms with Gasteiger partial charge in [-0.05, 0) is 22.9 Å². The van der Waals surface area contributed by atoms with Crippen molar-refractivity contribution in [2.24, 2.45) is 0 Å². The van der Waals surface area contributed by atoms with E-state index in [2.05, 4.69) is 4.98 Å². The smallest absolute Gasteiger partial charge is 0.320 e. The van der Waals surface area contributed by atoms with Crippen LogP contribution in [0.15, 0.2) is 48.8 Å². The molecule has 3 aromatic rings. The molecule has 21 heavy (non-hydrogen) atoms. The lowest BCUT2D eigenvalue weighted by molar-refractivity contribution is 0.0631. The third-order valence-electron chi connectivity index (χ3n) is 3.14. The summed E-state index contributed by atoms with van der Waals surface area (Å²) in [7, 11) is 0. The van der Waals surface area contributed by atoms with Crippen LogP contribution in [0.1, 0.15) is 12.4 Å². The van der Waals surface area contributed by atoms with Gasteiger partial charge in [0.1, 0.15) is 6.61 Å². The molecule has 0 bridgehead atoms. The van der Waals surface area contributed by atoms with Gasteiger partial charge in [0.15, 0.2) is 17.3 Å². The van der Waals surface area contributed by atoms with Crippen LogP contribution in [0.5, 0.6) is 11.5 Å². The molecule has 1 heterocycles. The van der Waals surface area contributed by atoms with Crippen LogP contribution in [-0.4, -0.2) is 14.7 Å². The zero-order valence-electron chi connectivity index (χ0n) is 10.9. The lowest BCUT2D eigenvalue weighted by Gasteiger charge is -2.10. The van der Waals surface area contributed by atoms with E-state index in [1.807, 2.05) is 24.3 Å². The first kappa shape index (κ1) is 13.4. The molecule has 0 unspecified atom stereocenters. The van der Waals surface area contributed by atoms with Crippen LogP contribution in [0.4, 0.5) is 8.78 Å². The van der Waals surface area contributed by atoms with E-state index >= 15 is 0 Å². The van der Waals surface area contributed by atoms with E-state index < -0.39 is 6.55 Å². The minimum Gasteiger partial charge on any atom is -0.504 e. The highest BCUT2D eigenvalue weighted by atomic mass is 19.3. The maximum atomic E-state index is 12.7. The Kier molecular flexibility index (Phi) is 3.43. The first-order valence-corrected chi connectivity index (χ1v) is 6.29. The van der Waals surface area contributed by atoms with E-state index in [1.54, 1.807) is 12.1 Å². The molecule has 6 heteroatoms. The van der Waals surface area contributed by atoms with Crippen molar-refractivity contribution in [2.45, 2.75) is 13.2 Å². The zero-order chi connectivity index (χ0) is 14.8. The number of alkyl halides is 2. The summed E-state index contributed by atoms with van der Waals surface area (Å²) in [6.07, 6.45) is 2.47. The van der Waals surface area contributed by atoms with Crippen molar-refractivity contribution >= 4 is 10.8 Å². The number of benzene rings is 2. The molecule has 2 aromatic carbocycles. The lowest BCUT2D eigenvalue weighted by Crippen LogP contribution is -2.07. The van der Waals surface area contributed by atoms with Crippen molar-refractivity contribution in [1.29, 1.82) is 0 Å². The molecule has 4 nitrogen and oxygen atoms in total. The summed E-state index contributed by atoms with van der Waals surface area (Å²) in [6.45, 7) is -2.82. The first-order valence-electron chi connectivity index (χ1n) is 6.29. The fourth-order valence-electron chi connectivity index (χ4n) is 2.10. The van der Waals surface area contributed by atoms with Gasteiger partial charge in [-0.15, -0.1) is 0 Å². The highest BCUT2D eigenvalue weighted by Crippen LogP contribution is 2.31. The van der Waals surface area contributed by atoms with Gasteiger partial charge in [-0.1, -0.05) is 24.3 Å². The molecule has 0 aliphatic rings. The Morgan fingerprint density at radius 2 is 1.90 bits per heavy atom. The Morgan fingerprint density at radius 1 is 1.19 bits per heavy atom. The molecule has 0 radical (unpaired) electrons. The van der Waals surface area contributed by atoms with Crippen LogP contribution in [0.25, 0.3) is 10.8 Å². The average Bonchev–Trinajstić information content (AvgIpc) is 2.93. The molecule has 1 N–H and O–H groups in total. The molecule has 0 atom stereocenters. The Bertz CT molecular complexity index is 771. The van der Waals surface area contributed by atoms with Gasteiger partial charge in [-0.3, -0.25) is 4.57 Å². The minimum absolute atomic E-state index is 0.0381. The number of ether oxygens (including phenoxy) is 1. The van der Waals surface area contributed by atoms with Gasteiger partial charge in [0.05, 0.1) is 0 Å². The molecule has 1 aromatic heterocycles. The molecule has 0 aliphatic heterocycles. The van der Waals surface area contributed by atoms with Crippen molar-refractivity contribution in [2.75, 3.05) is 0 Å². The van der Waals surface area contributed by atoms with E-state index in [0.717, 1.165) is 15.3 Å². The van der Waals surface area contributed by atoms with Gasteiger partial charge in [-0.25, -0.2) is 4.98 Å². The summed E-state index contributed by atoms with van der Waals surface area (Å²) < 4.78 is 31.5. The lowest BCUT2D eigenvalue weighted by atomic mass is 10.1. The van der Waals surface area contributed by atoms with Crippen molar-refractivity contribution < 1.29 is 18.6 Å². The molecule has 0 amide bonds. The topological polar surface area (TPSA) is 47.3 Å². The minimum atomic E-state index is -2.67. The third-order valence-corrected chi connectivity index (χ3v) is 3.14. The number of fused-ring (bicyclic) bond motifs is 1. The first-order chi connectivity index (χ1) is 10.1. The van der Waals surface area contributed by atoms with Gasteiger partial charge in [0, 0.05) is 12.4 Å². The third kappa shape index (κ3) is 2.65. The van der Waals surface area contributed by atoms with Crippen molar-refractivity contribution in [3.63, 3.8) is 0 Å². The van der Waals surface area contributed by atoms with Crippen molar-refractivity contribution in [3.8, 4) is 11.5 Å². The molecule has 0 spiro atoms. The second-order valence-corrected chi connectivity index (χ2v) is 4.48. The number of aromatic hydroxyl groups is 1. The molecular formula is C15H12F2N2O2. The maximum Gasteiger partial charge on any atom is 0.320 e. The van der Waals surface area contributed by atoms with Gasteiger partial charge < -0.3 is 9.84 Å². The number of phenolic OH excluding ortho intramolecular Hbond substituents is 1. The van der Waals surface area contributed by atoms with E-state index in [1.165, 1.54) is 12.4 Å². The highest BCUT2D eigenvalue weighted by Gasteiger charge is 2.13. The van der Waals surface area contributed by atoms with E-state index in [-0.39, 0.29) is 23.9 Å². The standard InChI is InChI=1S/C15H12F2N2O2/c16-15(17)19-6-5-18-14(19)9-21-13-8-11-4-2-1-3-10(11)7-12(13)20/h1-8,15,20H,9H2. The largest absolute Gasteiger partial charge is 0.504 e. The Hall–Kier alpha value is -2.63. The van der Waals surface area contributed by atoms with Crippen molar-refractivity contribution in [3.05, 3.63) is 54.6 Å². The second kappa shape index (κ2) is 5.40. The summed E-state index contributed by atoms with van der Waals surface area (Å²) >= 11 is 0. The number of rotatable bonds is 4. The summed E-state index contributed by atoms with van der Waals surface area (Å²) in [5, 5.41) is 11.7. The van der Waals surface area contributed by atoms with Gasteiger partial charge in [-0.2, -0.15) is 8.78 Å². The molecule has 0 saturated heterocycles. The highest BCUT2D eigenvalue weighted by molar-refractivity contribution is 5.85. The van der Waals surface area contributed by atoms with Gasteiger partial charge in [0.25, 0.3) is 0 Å². The van der Waals surface area contributed by atoms with E-state index in [9.17, 15) is 13.9 Å². The average molecular weight is 290 g/mol. The van der Waals surface area contributed by atoms with Crippen LogP contribution in [0.3, 0.4) is 0 Å². The summed E-state index contributed by atoms with van der Waals surface area (Å²) in [5.41, 5.74) is 0. The second-order valence-electron chi connectivity index (χ2n) is 4.48. The molecule has 108 valence electrons. The summed E-state index contributed by atoms with van der Waals surface area (Å²) in [4.78, 5) is 3.82. The summed E-state index contributed by atoms with van der Waals surface area (Å²) in [5.74, 6) is 0.291. The Morgan fingerprint density at radius 3 is 2.62 bits per heavy atom. The number of aromatic nitrogens is 2. The SMILES string of the molecule is Oc1cc2ccccc2cc1OCc1nccn1C(F)F. The fraction of sp³-hybridized carbons (Fsp3) is 0.133. The summed E-state index contributed by atoms with van der Waals surface area (Å²) in [6, 6.07) is 10.7. The Labute approximate surface area is 119 Å². The Balaban J connectivity index is 1.85. The molecule has 0 aliphatic carbocycles. The van der Waals surface area contributed by atoms with Crippen LogP contribution in [0, 0.1) is 0 Å². The maximum absolute atomic E-state index is 12.7. The number of phenols is 1. The van der Waals surface area contributed by atoms with E-state index in [4.69, 9.17) is 4.74 Å². The zero-order valence-corrected chi connectivity index (χ0v) is 10.9. The van der Waals surface area contributed by atoms with Crippen molar-refractivity contribution in [1.82, 2.24) is 9.55 Å². The predicted octanol–water partition coefficient (Wildman–Crippen LogP) is 3.72. The van der Waals surface area contributed by atoms with Crippen LogP contribution < -0.4 is 4.74 Å². The van der Waals surface area contributed by atoms with Crippen LogP contribution >= 0.6 is 0 Å². The number of hydrogen-bond acceptors (Lipinski definition) is 3. The van der Waals surface area contributed by atoms with Crippen LogP contribution in [-0.2, 0) is 6.61 Å². The normalized spacial score (nSPS) is 11.2. The monoisotopic (exact) mass is 290 g/mol.